The number of hydrogen-bond acceptors (Lipinski definition) is 3. The second-order valence-corrected chi connectivity index (χ2v) is 5.96. The zero-order valence-electron chi connectivity index (χ0n) is 12.0. The molecule has 0 saturated carbocycles. The van der Waals surface area contributed by atoms with Crippen molar-refractivity contribution >= 4 is 39.2 Å². The Hall–Kier alpha value is -1.69. The Morgan fingerprint density at radius 2 is 2.05 bits per heavy atom. The summed E-state index contributed by atoms with van der Waals surface area (Å²) in [5, 5.41) is 2.75. The van der Waals surface area contributed by atoms with Gasteiger partial charge in [0, 0.05) is 11.0 Å². The van der Waals surface area contributed by atoms with Gasteiger partial charge in [0.2, 0.25) is 5.91 Å². The molecular weight excluding hydrogens is 336 g/mol. The molecule has 0 atom stereocenters. The molecule has 21 heavy (non-hydrogen) atoms. The van der Waals surface area contributed by atoms with Crippen molar-refractivity contribution in [3.8, 4) is 0 Å². The average molecular weight is 353 g/mol. The van der Waals surface area contributed by atoms with E-state index in [9.17, 15) is 14.4 Å². The first-order valence-corrected chi connectivity index (χ1v) is 7.68. The van der Waals surface area contributed by atoms with Crippen LogP contribution in [0.1, 0.15) is 35.7 Å². The highest BCUT2D eigenvalue weighted by atomic mass is 79.9. The summed E-state index contributed by atoms with van der Waals surface area (Å²) in [4.78, 5) is 37.2. The predicted octanol–water partition coefficient (Wildman–Crippen LogP) is 2.20. The van der Waals surface area contributed by atoms with Gasteiger partial charge in [0.1, 0.15) is 6.54 Å². The minimum atomic E-state index is -0.642. The molecule has 1 aliphatic heterocycles. The molecule has 5 nitrogen and oxygen atoms in total. The van der Waals surface area contributed by atoms with Crippen LogP contribution >= 0.6 is 15.9 Å². The fraction of sp³-hybridized carbons (Fsp3) is 0.400. The number of rotatable bonds is 5. The van der Waals surface area contributed by atoms with Gasteiger partial charge in [-0.2, -0.15) is 0 Å². The monoisotopic (exact) mass is 352 g/mol. The van der Waals surface area contributed by atoms with Crippen molar-refractivity contribution in [2.24, 2.45) is 0 Å². The maximum atomic E-state index is 12.1. The molecule has 0 unspecified atom stereocenters. The summed E-state index contributed by atoms with van der Waals surface area (Å²) in [6, 6.07) is 3.45. The van der Waals surface area contributed by atoms with Gasteiger partial charge < -0.3 is 5.32 Å². The van der Waals surface area contributed by atoms with Gasteiger partial charge in [0.05, 0.1) is 11.3 Å². The van der Waals surface area contributed by atoms with Gasteiger partial charge in [-0.3, -0.25) is 19.3 Å². The van der Waals surface area contributed by atoms with Crippen LogP contribution in [-0.4, -0.2) is 30.7 Å². The molecule has 0 saturated heterocycles. The number of fused-ring (bicyclic) bond motifs is 1. The maximum Gasteiger partial charge on any atom is 0.299 e. The van der Waals surface area contributed by atoms with Gasteiger partial charge in [-0.15, -0.1) is 0 Å². The summed E-state index contributed by atoms with van der Waals surface area (Å²) >= 11 is 3.31. The third-order valence-corrected chi connectivity index (χ3v) is 3.83. The molecule has 0 aromatic heterocycles. The van der Waals surface area contributed by atoms with E-state index in [4.69, 9.17) is 0 Å². The molecule has 0 spiro atoms. The van der Waals surface area contributed by atoms with Crippen molar-refractivity contribution in [1.29, 1.82) is 0 Å². The lowest BCUT2D eigenvalue weighted by Gasteiger charge is -2.18. The number of carbonyl (C=O) groups excluding carboxylic acids is 3. The summed E-state index contributed by atoms with van der Waals surface area (Å²) in [5.74, 6) is -1.45. The lowest BCUT2D eigenvalue weighted by molar-refractivity contribution is -0.122. The van der Waals surface area contributed by atoms with Crippen LogP contribution in [0.3, 0.4) is 0 Å². The van der Waals surface area contributed by atoms with Crippen LogP contribution in [0.15, 0.2) is 16.6 Å². The highest BCUT2D eigenvalue weighted by molar-refractivity contribution is 9.10. The third kappa shape index (κ3) is 3.15. The van der Waals surface area contributed by atoms with Crippen LogP contribution in [0.25, 0.3) is 0 Å². The molecule has 1 heterocycles. The quantitative estimate of drug-likeness (QED) is 0.652. The second kappa shape index (κ2) is 6.39. The average Bonchev–Trinajstić information content (AvgIpc) is 2.64. The van der Waals surface area contributed by atoms with E-state index in [0.717, 1.165) is 22.9 Å². The molecule has 2 amide bonds. The highest BCUT2D eigenvalue weighted by Crippen LogP contribution is 2.34. The first-order valence-electron chi connectivity index (χ1n) is 6.88. The second-order valence-electron chi connectivity index (χ2n) is 5.04. The maximum absolute atomic E-state index is 12.1. The van der Waals surface area contributed by atoms with E-state index in [0.29, 0.717) is 17.8 Å². The zero-order chi connectivity index (χ0) is 15.6. The molecule has 112 valence electrons. The van der Waals surface area contributed by atoms with Crippen LogP contribution in [-0.2, 0) is 9.59 Å². The number of anilines is 1. The molecule has 0 aliphatic carbocycles. The number of ketones is 1. The van der Waals surface area contributed by atoms with Gasteiger partial charge in [0.15, 0.2) is 0 Å². The minimum Gasteiger partial charge on any atom is -0.355 e. The molecule has 1 aliphatic rings. The molecule has 0 fully saturated rings. The summed E-state index contributed by atoms with van der Waals surface area (Å²) in [7, 11) is 0. The first-order chi connectivity index (χ1) is 9.95. The Balaban J connectivity index is 2.21. The molecule has 1 aromatic carbocycles. The number of benzene rings is 1. The van der Waals surface area contributed by atoms with E-state index in [1.54, 1.807) is 6.07 Å². The van der Waals surface area contributed by atoms with Crippen LogP contribution < -0.4 is 10.2 Å². The molecular formula is C15H17BrN2O3. The Kier molecular flexibility index (Phi) is 4.77. The number of nitrogens with one attached hydrogen (secondary N) is 1. The largest absolute Gasteiger partial charge is 0.355 e. The number of hydrogen-bond donors (Lipinski definition) is 1. The van der Waals surface area contributed by atoms with Crippen molar-refractivity contribution in [1.82, 2.24) is 5.32 Å². The van der Waals surface area contributed by atoms with E-state index >= 15 is 0 Å². The smallest absolute Gasteiger partial charge is 0.299 e. The number of Topliss-reactive ketones (excluding diaryl/α,β-unsaturated/α-hetero) is 1. The topological polar surface area (TPSA) is 66.5 Å². The van der Waals surface area contributed by atoms with Gasteiger partial charge in [-0.1, -0.05) is 29.3 Å². The molecule has 2 rings (SSSR count). The van der Waals surface area contributed by atoms with Gasteiger partial charge >= 0.3 is 0 Å². The van der Waals surface area contributed by atoms with Crippen molar-refractivity contribution in [3.05, 3.63) is 27.7 Å². The van der Waals surface area contributed by atoms with Crippen LogP contribution in [0.5, 0.6) is 0 Å². The lowest BCUT2D eigenvalue weighted by Crippen LogP contribution is -2.40. The third-order valence-electron chi connectivity index (χ3n) is 3.37. The fourth-order valence-electron chi connectivity index (χ4n) is 2.36. The normalized spacial score (nSPS) is 13.6. The van der Waals surface area contributed by atoms with E-state index in [-0.39, 0.29) is 12.5 Å². The predicted molar refractivity (Wildman–Crippen MR) is 83.5 cm³/mol. The van der Waals surface area contributed by atoms with Crippen molar-refractivity contribution in [2.45, 2.75) is 26.7 Å². The summed E-state index contributed by atoms with van der Waals surface area (Å²) in [6.07, 6.45) is 1.87. The Morgan fingerprint density at radius 3 is 2.71 bits per heavy atom. The molecule has 0 radical (unpaired) electrons. The Labute approximate surface area is 131 Å². The van der Waals surface area contributed by atoms with Gasteiger partial charge in [-0.25, -0.2) is 0 Å². The zero-order valence-corrected chi connectivity index (χ0v) is 13.6. The van der Waals surface area contributed by atoms with E-state index in [2.05, 4.69) is 21.2 Å². The lowest BCUT2D eigenvalue weighted by atomic mass is 10.1. The standard InChI is InChI=1S/C15H17BrN2O3/c1-3-4-5-17-12(19)8-18-13-9(2)6-10(16)7-11(13)14(20)15(18)21/h6-7H,3-5,8H2,1-2H3,(H,17,19). The highest BCUT2D eigenvalue weighted by Gasteiger charge is 2.38. The SMILES string of the molecule is CCCCNC(=O)CN1C(=O)C(=O)c2cc(Br)cc(C)c21. The fourth-order valence-corrected chi connectivity index (χ4v) is 2.93. The first kappa shape index (κ1) is 15.7. The van der Waals surface area contributed by atoms with Crippen molar-refractivity contribution in [3.63, 3.8) is 0 Å². The van der Waals surface area contributed by atoms with Gasteiger partial charge in [0.25, 0.3) is 11.7 Å². The number of nitrogens with zero attached hydrogens (tertiary/aromatic N) is 1. The van der Waals surface area contributed by atoms with E-state index < -0.39 is 11.7 Å². The number of aryl methyl sites for hydroxylation is 1. The minimum absolute atomic E-state index is 0.121. The van der Waals surface area contributed by atoms with Crippen LogP contribution in [0.4, 0.5) is 5.69 Å². The molecule has 1 N–H and O–H groups in total. The van der Waals surface area contributed by atoms with Gasteiger partial charge in [-0.05, 0) is 31.0 Å². The van der Waals surface area contributed by atoms with Crippen molar-refractivity contribution in [2.75, 3.05) is 18.0 Å². The van der Waals surface area contributed by atoms with E-state index in [1.165, 1.54) is 4.90 Å². The Bertz CT molecular complexity index is 613. The number of carbonyl (C=O) groups is 3. The summed E-state index contributed by atoms with van der Waals surface area (Å²) in [5.41, 5.74) is 1.69. The molecule has 6 heteroatoms. The number of amides is 2. The number of unbranched alkanes of at least 4 members (excludes halogenated alkanes) is 1. The van der Waals surface area contributed by atoms with Crippen molar-refractivity contribution < 1.29 is 14.4 Å². The molecule has 1 aromatic rings. The summed E-state index contributed by atoms with van der Waals surface area (Å²) < 4.78 is 0.745. The van der Waals surface area contributed by atoms with E-state index in [1.807, 2.05) is 19.9 Å². The Morgan fingerprint density at radius 1 is 1.33 bits per heavy atom. The van der Waals surface area contributed by atoms with Crippen LogP contribution in [0, 0.1) is 6.92 Å². The number of halogens is 1. The summed E-state index contributed by atoms with van der Waals surface area (Å²) in [6.45, 7) is 4.31. The molecule has 0 bridgehead atoms. The van der Waals surface area contributed by atoms with Crippen LogP contribution in [0.2, 0.25) is 0 Å².